The van der Waals surface area contributed by atoms with Gasteiger partial charge >= 0.3 is 0 Å². The standard InChI is InChI=1S/C12H15N3O/c1-9(8-13)7-11-14-12(15-16-11)10-5-3-2-4-6-10/h2-6,9H,7-8,13H2,1H3. The second-order valence-corrected chi connectivity index (χ2v) is 3.92. The van der Waals surface area contributed by atoms with Gasteiger partial charge in [0.05, 0.1) is 0 Å². The summed E-state index contributed by atoms with van der Waals surface area (Å²) in [5, 5.41) is 3.95. The third-order valence-corrected chi connectivity index (χ3v) is 2.43. The highest BCUT2D eigenvalue weighted by Gasteiger charge is 2.10. The van der Waals surface area contributed by atoms with Crippen molar-refractivity contribution in [3.63, 3.8) is 0 Å². The van der Waals surface area contributed by atoms with Crippen molar-refractivity contribution in [1.82, 2.24) is 10.1 Å². The van der Waals surface area contributed by atoms with Crippen molar-refractivity contribution in [1.29, 1.82) is 0 Å². The first kappa shape index (κ1) is 10.8. The molecule has 2 rings (SSSR count). The molecule has 2 aromatic rings. The van der Waals surface area contributed by atoms with Gasteiger partial charge in [0.15, 0.2) is 0 Å². The van der Waals surface area contributed by atoms with Crippen molar-refractivity contribution in [3.8, 4) is 11.4 Å². The summed E-state index contributed by atoms with van der Waals surface area (Å²) in [6.07, 6.45) is 0.732. The van der Waals surface area contributed by atoms with Crippen molar-refractivity contribution in [3.05, 3.63) is 36.2 Å². The highest BCUT2D eigenvalue weighted by Crippen LogP contribution is 2.15. The molecule has 0 amide bonds. The number of benzene rings is 1. The molecule has 1 unspecified atom stereocenters. The lowest BCUT2D eigenvalue weighted by atomic mass is 10.1. The van der Waals surface area contributed by atoms with Crippen molar-refractivity contribution >= 4 is 0 Å². The predicted molar refractivity (Wildman–Crippen MR) is 61.7 cm³/mol. The van der Waals surface area contributed by atoms with E-state index in [0.29, 0.717) is 24.2 Å². The molecule has 0 aliphatic carbocycles. The summed E-state index contributed by atoms with van der Waals surface area (Å²) in [5.74, 6) is 1.65. The first-order valence-electron chi connectivity index (χ1n) is 5.37. The zero-order valence-electron chi connectivity index (χ0n) is 9.26. The van der Waals surface area contributed by atoms with Gasteiger partial charge in [0.25, 0.3) is 0 Å². The molecule has 0 saturated carbocycles. The van der Waals surface area contributed by atoms with Crippen LogP contribution in [0.2, 0.25) is 0 Å². The maximum Gasteiger partial charge on any atom is 0.227 e. The average Bonchev–Trinajstić information content (AvgIpc) is 2.78. The van der Waals surface area contributed by atoms with Gasteiger partial charge in [-0.3, -0.25) is 0 Å². The van der Waals surface area contributed by atoms with Crippen LogP contribution in [0, 0.1) is 5.92 Å². The minimum Gasteiger partial charge on any atom is -0.339 e. The molecule has 0 aliphatic heterocycles. The molecule has 0 spiro atoms. The Kier molecular flexibility index (Phi) is 3.31. The van der Waals surface area contributed by atoms with E-state index in [9.17, 15) is 0 Å². The summed E-state index contributed by atoms with van der Waals surface area (Å²) in [5.41, 5.74) is 6.52. The lowest BCUT2D eigenvalue weighted by molar-refractivity contribution is 0.360. The van der Waals surface area contributed by atoms with Crippen LogP contribution in [-0.4, -0.2) is 16.7 Å². The van der Waals surface area contributed by atoms with Crippen LogP contribution in [0.25, 0.3) is 11.4 Å². The van der Waals surface area contributed by atoms with Crippen molar-refractivity contribution in [2.24, 2.45) is 11.7 Å². The Morgan fingerprint density at radius 1 is 1.31 bits per heavy atom. The van der Waals surface area contributed by atoms with Gasteiger partial charge in [-0.05, 0) is 12.5 Å². The summed E-state index contributed by atoms with van der Waals surface area (Å²) >= 11 is 0. The van der Waals surface area contributed by atoms with E-state index in [1.54, 1.807) is 0 Å². The van der Waals surface area contributed by atoms with E-state index < -0.39 is 0 Å². The highest BCUT2D eigenvalue weighted by atomic mass is 16.5. The lowest BCUT2D eigenvalue weighted by Crippen LogP contribution is -2.13. The van der Waals surface area contributed by atoms with Crippen LogP contribution in [0.5, 0.6) is 0 Å². The van der Waals surface area contributed by atoms with Crippen molar-refractivity contribution in [2.45, 2.75) is 13.3 Å². The number of nitrogens with two attached hydrogens (primary N) is 1. The highest BCUT2D eigenvalue weighted by molar-refractivity contribution is 5.53. The molecule has 0 fully saturated rings. The summed E-state index contributed by atoms with van der Waals surface area (Å²) in [6.45, 7) is 2.69. The van der Waals surface area contributed by atoms with E-state index in [4.69, 9.17) is 10.3 Å². The van der Waals surface area contributed by atoms with E-state index in [-0.39, 0.29) is 0 Å². The van der Waals surface area contributed by atoms with E-state index in [1.165, 1.54) is 0 Å². The fourth-order valence-electron chi connectivity index (χ4n) is 1.42. The van der Waals surface area contributed by atoms with Gasteiger partial charge in [-0.15, -0.1) is 0 Å². The summed E-state index contributed by atoms with van der Waals surface area (Å²) in [6, 6.07) is 9.78. The zero-order chi connectivity index (χ0) is 11.4. The second kappa shape index (κ2) is 4.90. The number of aromatic nitrogens is 2. The Morgan fingerprint density at radius 3 is 2.75 bits per heavy atom. The molecule has 0 saturated heterocycles. The van der Waals surface area contributed by atoms with Crippen LogP contribution in [0.3, 0.4) is 0 Å². The second-order valence-electron chi connectivity index (χ2n) is 3.92. The van der Waals surface area contributed by atoms with Gasteiger partial charge in [0.1, 0.15) is 0 Å². The molecule has 0 aliphatic rings. The van der Waals surface area contributed by atoms with Gasteiger partial charge in [-0.2, -0.15) is 4.98 Å². The molecule has 16 heavy (non-hydrogen) atoms. The Hall–Kier alpha value is -1.68. The Morgan fingerprint density at radius 2 is 2.06 bits per heavy atom. The fraction of sp³-hybridized carbons (Fsp3) is 0.333. The van der Waals surface area contributed by atoms with Gasteiger partial charge in [-0.25, -0.2) is 0 Å². The van der Waals surface area contributed by atoms with Crippen LogP contribution in [0.1, 0.15) is 12.8 Å². The Bertz CT molecular complexity index is 439. The molecule has 1 heterocycles. The third kappa shape index (κ3) is 2.46. The summed E-state index contributed by atoms with van der Waals surface area (Å²) in [7, 11) is 0. The molecule has 2 N–H and O–H groups in total. The van der Waals surface area contributed by atoms with Crippen molar-refractivity contribution in [2.75, 3.05) is 6.54 Å². The monoisotopic (exact) mass is 217 g/mol. The molecule has 4 heteroatoms. The number of hydrogen-bond donors (Lipinski definition) is 1. The molecule has 0 radical (unpaired) electrons. The van der Waals surface area contributed by atoms with Gasteiger partial charge < -0.3 is 10.3 Å². The normalized spacial score (nSPS) is 12.6. The average molecular weight is 217 g/mol. The smallest absolute Gasteiger partial charge is 0.227 e. The SMILES string of the molecule is CC(CN)Cc1nc(-c2ccccc2)no1. The first-order chi connectivity index (χ1) is 7.79. The van der Waals surface area contributed by atoms with Crippen LogP contribution < -0.4 is 5.73 Å². The molecule has 1 atom stereocenters. The largest absolute Gasteiger partial charge is 0.339 e. The summed E-state index contributed by atoms with van der Waals surface area (Å²) in [4.78, 5) is 4.34. The minimum atomic E-state index is 0.365. The molecule has 0 bridgehead atoms. The fourth-order valence-corrected chi connectivity index (χ4v) is 1.42. The molecule has 1 aromatic heterocycles. The van der Waals surface area contributed by atoms with Crippen LogP contribution in [0.4, 0.5) is 0 Å². The number of hydrogen-bond acceptors (Lipinski definition) is 4. The van der Waals surface area contributed by atoms with Gasteiger partial charge in [-0.1, -0.05) is 42.4 Å². The Balaban J connectivity index is 2.14. The predicted octanol–water partition coefficient (Wildman–Crippen LogP) is 1.87. The zero-order valence-corrected chi connectivity index (χ0v) is 9.26. The topological polar surface area (TPSA) is 64.9 Å². The molecule has 84 valence electrons. The quantitative estimate of drug-likeness (QED) is 0.849. The van der Waals surface area contributed by atoms with Crippen molar-refractivity contribution < 1.29 is 4.52 Å². The molecular formula is C12H15N3O. The van der Waals surface area contributed by atoms with E-state index >= 15 is 0 Å². The van der Waals surface area contributed by atoms with E-state index in [2.05, 4.69) is 17.1 Å². The Labute approximate surface area is 94.5 Å². The first-order valence-corrected chi connectivity index (χ1v) is 5.37. The maximum absolute atomic E-state index is 5.55. The van der Waals surface area contributed by atoms with E-state index in [1.807, 2.05) is 30.3 Å². The number of nitrogens with zero attached hydrogens (tertiary/aromatic N) is 2. The minimum absolute atomic E-state index is 0.365. The maximum atomic E-state index is 5.55. The van der Waals surface area contributed by atoms with Gasteiger partial charge in [0, 0.05) is 12.0 Å². The van der Waals surface area contributed by atoms with Crippen LogP contribution in [0.15, 0.2) is 34.9 Å². The molecular weight excluding hydrogens is 202 g/mol. The van der Waals surface area contributed by atoms with Crippen LogP contribution >= 0.6 is 0 Å². The number of rotatable bonds is 4. The lowest BCUT2D eigenvalue weighted by Gasteiger charge is -2.01. The third-order valence-electron chi connectivity index (χ3n) is 2.43. The summed E-state index contributed by atoms with van der Waals surface area (Å²) < 4.78 is 5.17. The molecule has 4 nitrogen and oxygen atoms in total. The molecule has 1 aromatic carbocycles. The van der Waals surface area contributed by atoms with E-state index in [0.717, 1.165) is 12.0 Å². The van der Waals surface area contributed by atoms with Gasteiger partial charge in [0.2, 0.25) is 11.7 Å². The van der Waals surface area contributed by atoms with Crippen LogP contribution in [-0.2, 0) is 6.42 Å².